The third-order valence-electron chi connectivity index (χ3n) is 0. The maximum Gasteiger partial charge on any atom is 0.0351 e. The molecule has 0 aliphatic rings. The van der Waals surface area contributed by atoms with E-state index >= 15 is 0 Å². The summed E-state index contributed by atoms with van der Waals surface area (Å²) in [6, 6.07) is 0. The number of aliphatic hydroxyl groups excluding tert-OH is 16. The van der Waals surface area contributed by atoms with Gasteiger partial charge in [0.2, 0.25) is 0 Å². The lowest BCUT2D eigenvalue weighted by Gasteiger charge is -1.61. The van der Waals surface area contributed by atoms with Crippen LogP contribution in [0.5, 0.6) is 0 Å². The molecule has 0 unspecified atom stereocenters. The summed E-state index contributed by atoms with van der Waals surface area (Å²) >= 11 is 0. The van der Waals surface area contributed by atoms with Crippen molar-refractivity contribution in [3.05, 3.63) is 0 Å². The molecular formula is C66H249O25Si16-. The highest BCUT2D eigenvalue weighted by molar-refractivity contribution is 6.34. The van der Waals surface area contributed by atoms with E-state index in [-0.39, 0.29) is 20.3 Å². The van der Waals surface area contributed by atoms with E-state index in [9.17, 15) is 0 Å². The van der Waals surface area contributed by atoms with Crippen LogP contribution in [0.1, 0.15) is 14.9 Å². The summed E-state index contributed by atoms with van der Waals surface area (Å²) in [5.41, 5.74) is 0. The summed E-state index contributed by atoms with van der Waals surface area (Å²) in [6.45, 7) is 72.4. The van der Waals surface area contributed by atoms with Crippen molar-refractivity contribution in [3.8, 4) is 0 Å². The lowest BCUT2D eigenvalue weighted by molar-refractivity contribution is 0.277. The Kier molecular flexibility index (Phi) is 4870. The van der Waals surface area contributed by atoms with Crippen LogP contribution in [0.3, 0.4) is 0 Å². The molecular weight excluding hydrogens is 1640 g/mol. The SMILES string of the molecule is C.C.CO.CO.CO.CO.CO.CO.CO.CO.CO.CO.CO.CO.CO.CO.CO.CO.COC.COC.COC.COC.COC.COC.COC.COC.C[SiH2]C.C[SiH2]C.C[SiH2]C.C[SiH2]C.C[SiH2]C.C[SiH2]C.C[SiH2]C.C[SiH2]C.C[SiH2]C.C[SiH2]C.C[SiH2]C.C[SiH2]C.C[SiH2]C.C[SiH2]C.C[SiH2]C.C[SiH2]C.[OH-]. The number of methoxy groups -OCH3 is 8. The van der Waals surface area contributed by atoms with Crippen LogP contribution in [-0.2, 0) is 37.9 Å². The van der Waals surface area contributed by atoms with E-state index in [4.69, 9.17) is 81.7 Å². The first-order valence-electron chi connectivity index (χ1n) is 36.3. The minimum atomic E-state index is 0. The van der Waals surface area contributed by atoms with Crippen molar-refractivity contribution < 1.29 is 125 Å². The number of aliphatic hydroxyl groups is 16. The van der Waals surface area contributed by atoms with Gasteiger partial charge in [0.1, 0.15) is 0 Å². The van der Waals surface area contributed by atoms with E-state index in [1.807, 2.05) is 0 Å². The molecule has 0 heterocycles. The van der Waals surface area contributed by atoms with E-state index < -0.39 is 0 Å². The first-order chi connectivity index (χ1) is 49.9. The van der Waals surface area contributed by atoms with Gasteiger partial charge in [0.25, 0.3) is 0 Å². The predicted molar refractivity (Wildman–Crippen MR) is 573 cm³/mol. The molecule has 0 rings (SSSR count). The summed E-state index contributed by atoms with van der Waals surface area (Å²) in [4.78, 5) is 0. The maximum atomic E-state index is 7.00. The Morgan fingerprint density at radius 3 is 0.103 bits per heavy atom. The van der Waals surface area contributed by atoms with Crippen molar-refractivity contribution in [3.63, 3.8) is 0 Å². The monoisotopic (exact) mass is 1890 g/mol. The van der Waals surface area contributed by atoms with E-state index in [2.05, 4.69) is 247 Å². The summed E-state index contributed by atoms with van der Waals surface area (Å²) in [7, 11) is 48.7. The summed E-state index contributed by atoms with van der Waals surface area (Å²) in [5.74, 6) is 0. The molecule has 728 valence electrons. The molecule has 17 N–H and O–H groups in total. The fourth-order valence-corrected chi connectivity index (χ4v) is 0. The number of hydrogen-bond donors (Lipinski definition) is 16. The smallest absolute Gasteiger partial charge is 0.0351 e. The minimum absolute atomic E-state index is 0. The molecule has 0 aromatic heterocycles. The minimum Gasteiger partial charge on any atom is -0.870 e. The number of rotatable bonds is 0. The highest BCUT2D eigenvalue weighted by Crippen LogP contribution is 1.42. The topological polar surface area (TPSA) is 428 Å². The third-order valence-corrected chi connectivity index (χ3v) is 0. The molecule has 107 heavy (non-hydrogen) atoms. The molecule has 41 heteroatoms. The zero-order valence-corrected chi connectivity index (χ0v) is 109. The zero-order valence-electron chi connectivity index (χ0n) is 86.2. The second-order valence-electron chi connectivity index (χ2n) is 14.6. The fraction of sp³-hybridized carbons (Fsp3) is 1.00. The maximum absolute atomic E-state index is 7.00. The van der Waals surface area contributed by atoms with Crippen molar-refractivity contribution >= 4 is 152 Å². The van der Waals surface area contributed by atoms with Gasteiger partial charge < -0.3 is 125 Å². The number of ether oxygens (including phenoxy) is 8. The van der Waals surface area contributed by atoms with Crippen LogP contribution in [-0.4, -0.2) is 467 Å². The van der Waals surface area contributed by atoms with Crippen molar-refractivity contribution in [1.82, 2.24) is 0 Å². The molecule has 0 radical (unpaired) electrons. The average Bonchev–Trinajstić information content (AvgIpc) is 3.66. The number of hydrogen-bond acceptors (Lipinski definition) is 25. The van der Waals surface area contributed by atoms with Gasteiger partial charge in [-0.2, -0.15) is 0 Å². The van der Waals surface area contributed by atoms with Crippen molar-refractivity contribution in [2.75, 3.05) is 228 Å². The molecule has 0 saturated carbocycles. The Labute approximate surface area is 724 Å². The summed E-state index contributed by atoms with van der Waals surface area (Å²) in [5, 5.41) is 112. The van der Waals surface area contributed by atoms with E-state index in [0.29, 0.717) is 152 Å². The van der Waals surface area contributed by atoms with Crippen LogP contribution < -0.4 is 0 Å². The molecule has 0 aromatic carbocycles. The molecule has 0 saturated heterocycles. The molecule has 0 bridgehead atoms. The summed E-state index contributed by atoms with van der Waals surface area (Å²) < 4.78 is 34.0. The van der Waals surface area contributed by atoms with Gasteiger partial charge in [0, 0.05) is 380 Å². The highest BCUT2D eigenvalue weighted by Gasteiger charge is 1.44. The van der Waals surface area contributed by atoms with E-state index in [0.717, 1.165) is 114 Å². The van der Waals surface area contributed by atoms with Crippen LogP contribution in [0.2, 0.25) is 210 Å². The predicted octanol–water partition coefficient (Wildman–Crippen LogP) is 0.955. The Hall–Kier alpha value is 2.47. The van der Waals surface area contributed by atoms with Gasteiger partial charge in [-0.15, -0.1) is 0 Å². The largest absolute Gasteiger partial charge is 0.870 e. The highest BCUT2D eigenvalue weighted by atomic mass is 28.2. The van der Waals surface area contributed by atoms with Crippen LogP contribution in [0.15, 0.2) is 0 Å². The van der Waals surface area contributed by atoms with Gasteiger partial charge in [0.05, 0.1) is 0 Å². The quantitative estimate of drug-likeness (QED) is 0.150. The second-order valence-corrected chi connectivity index (χ2v) is 37.2. The van der Waals surface area contributed by atoms with Crippen LogP contribution in [0.25, 0.3) is 0 Å². The van der Waals surface area contributed by atoms with Gasteiger partial charge in [0.15, 0.2) is 0 Å². The van der Waals surface area contributed by atoms with Crippen molar-refractivity contribution in [2.45, 2.75) is 224 Å². The first kappa shape index (κ1) is 292. The fourth-order valence-electron chi connectivity index (χ4n) is 0. The van der Waals surface area contributed by atoms with E-state index in [1.54, 1.807) is 114 Å². The molecule has 25 nitrogen and oxygen atoms in total. The normalized spacial score (nSPS) is 4.93. The standard InChI is InChI=1S/8C2H6O.16C2H8Si.16CH4O.2CH4.H2O/c24*1-3-2;16*1-2;;;/h8*1-2H3;16*3H2,1-2H3;16*2H,1H3;2*1H4;1H2/p-1. The molecule has 0 fully saturated rings. The molecule has 0 aliphatic heterocycles. The van der Waals surface area contributed by atoms with Gasteiger partial charge in [-0.1, -0.05) is 224 Å². The average molecular weight is 1890 g/mol. The van der Waals surface area contributed by atoms with Gasteiger partial charge in [-0.25, -0.2) is 0 Å². The van der Waals surface area contributed by atoms with Crippen LogP contribution >= 0.6 is 0 Å². The van der Waals surface area contributed by atoms with Crippen LogP contribution in [0, 0.1) is 0 Å². The van der Waals surface area contributed by atoms with Gasteiger partial charge >= 0.3 is 0 Å². The Morgan fingerprint density at radius 2 is 0.103 bits per heavy atom. The molecule has 0 atom stereocenters. The summed E-state index contributed by atoms with van der Waals surface area (Å²) in [6.07, 6.45) is 0. The van der Waals surface area contributed by atoms with Gasteiger partial charge in [-0.05, 0) is 0 Å². The molecule has 0 amide bonds. The molecule has 0 aromatic rings. The lowest BCUT2D eigenvalue weighted by Crippen LogP contribution is -1.55. The Bertz CT molecular complexity index is 252. The first-order valence-corrected chi connectivity index (χ1v) is 81.6. The molecule has 0 aliphatic carbocycles. The Morgan fingerprint density at radius 1 is 0.103 bits per heavy atom. The third kappa shape index (κ3) is 202000. The van der Waals surface area contributed by atoms with E-state index in [1.165, 1.54) is 0 Å². The second kappa shape index (κ2) is 1790. The van der Waals surface area contributed by atoms with Crippen molar-refractivity contribution in [2.24, 2.45) is 0 Å². The zero-order chi connectivity index (χ0) is 97.0. The van der Waals surface area contributed by atoms with Gasteiger partial charge in [-0.3, -0.25) is 0 Å². The Balaban J connectivity index is -0.00000000958. The molecule has 0 spiro atoms. The lowest BCUT2D eigenvalue weighted by atomic mass is 11.6. The van der Waals surface area contributed by atoms with Crippen LogP contribution in [0.4, 0.5) is 0 Å². The van der Waals surface area contributed by atoms with Crippen molar-refractivity contribution in [1.29, 1.82) is 0 Å².